The molecule has 0 radical (unpaired) electrons. The van der Waals surface area contributed by atoms with Crippen LogP contribution in [-0.2, 0) is 9.53 Å². The van der Waals surface area contributed by atoms with Gasteiger partial charge in [-0.15, -0.1) is 16.7 Å². The molecule has 1 aliphatic rings. The van der Waals surface area contributed by atoms with Crippen LogP contribution in [0.5, 0.6) is 0 Å². The predicted molar refractivity (Wildman–Crippen MR) is 93.5 cm³/mol. The number of amides is 1. The number of rotatable bonds is 8. The number of methoxy groups -OCH3 is 1. The van der Waals surface area contributed by atoms with Crippen molar-refractivity contribution >= 4 is 23.6 Å². The Hall–Kier alpha value is -2.15. The number of allylic oxidation sites excluding steroid dienone is 1. The van der Waals surface area contributed by atoms with Crippen LogP contribution in [0.3, 0.4) is 0 Å². The van der Waals surface area contributed by atoms with E-state index in [-0.39, 0.29) is 17.9 Å². The van der Waals surface area contributed by atoms with E-state index in [1.807, 2.05) is 6.07 Å². The molecular weight excluding hydrogens is 328 g/mol. The summed E-state index contributed by atoms with van der Waals surface area (Å²) in [4.78, 5) is 35.4. The minimum Gasteiger partial charge on any atom is -0.469 e. The zero-order valence-electron chi connectivity index (χ0n) is 13.5. The van der Waals surface area contributed by atoms with Crippen LogP contribution in [0, 0.1) is 4.91 Å². The van der Waals surface area contributed by atoms with Crippen molar-refractivity contribution in [1.29, 1.82) is 0 Å². The average Bonchev–Trinajstić information content (AvgIpc) is 3.00. The number of esters is 1. The van der Waals surface area contributed by atoms with Crippen molar-refractivity contribution in [2.75, 3.05) is 12.9 Å². The van der Waals surface area contributed by atoms with Gasteiger partial charge in [0.15, 0.2) is 0 Å². The number of carbonyl (C=O) groups is 2. The molecule has 0 spiro atoms. The summed E-state index contributed by atoms with van der Waals surface area (Å²) >= 11 is 1.54. The van der Waals surface area contributed by atoms with Gasteiger partial charge in [-0.05, 0) is 36.6 Å². The van der Waals surface area contributed by atoms with Gasteiger partial charge in [-0.2, -0.15) is 0 Å². The third-order valence-corrected chi connectivity index (χ3v) is 5.00. The summed E-state index contributed by atoms with van der Waals surface area (Å²) in [6.45, 7) is 0. The van der Waals surface area contributed by atoms with Crippen molar-refractivity contribution in [2.24, 2.45) is 5.18 Å². The summed E-state index contributed by atoms with van der Waals surface area (Å²) < 4.78 is 4.60. The second-order valence-electron chi connectivity index (χ2n) is 5.39. The number of hydrogen-bond donors (Lipinski definition) is 1. The summed E-state index contributed by atoms with van der Waals surface area (Å²) in [6, 6.07) is 8.51. The Morgan fingerprint density at radius 1 is 1.29 bits per heavy atom. The van der Waals surface area contributed by atoms with Crippen LogP contribution in [0.15, 0.2) is 46.1 Å². The Kier molecular flexibility index (Phi) is 6.99. The molecule has 1 heterocycles. The molecule has 0 bridgehead atoms. The molecule has 1 aromatic rings. The number of carbonyl (C=O) groups excluding carboxylic acids is 2. The highest BCUT2D eigenvalue weighted by atomic mass is 32.2. The zero-order chi connectivity index (χ0) is 17.4. The molecule has 24 heavy (non-hydrogen) atoms. The summed E-state index contributed by atoms with van der Waals surface area (Å²) in [5, 5.41) is 5.99. The van der Waals surface area contributed by atoms with E-state index in [4.69, 9.17) is 0 Å². The summed E-state index contributed by atoms with van der Waals surface area (Å²) in [5.41, 5.74) is 0.960. The van der Waals surface area contributed by atoms with Crippen LogP contribution in [0.2, 0.25) is 0 Å². The Balaban J connectivity index is 1.90. The Morgan fingerprint density at radius 2 is 2.04 bits per heavy atom. The van der Waals surface area contributed by atoms with E-state index in [0.717, 1.165) is 11.3 Å². The first-order chi connectivity index (χ1) is 11.7. The molecule has 0 fully saturated rings. The number of hydrogen-bond acceptors (Lipinski definition) is 6. The lowest BCUT2D eigenvalue weighted by molar-refractivity contribution is -0.140. The van der Waals surface area contributed by atoms with Crippen LogP contribution in [0.25, 0.3) is 0 Å². The maximum atomic E-state index is 12.2. The van der Waals surface area contributed by atoms with Gasteiger partial charge in [-0.3, -0.25) is 9.59 Å². The smallest absolute Gasteiger partial charge is 0.305 e. The van der Waals surface area contributed by atoms with Crippen molar-refractivity contribution in [3.63, 3.8) is 0 Å². The van der Waals surface area contributed by atoms with E-state index in [1.165, 1.54) is 18.9 Å². The second kappa shape index (κ2) is 9.22. The molecule has 0 saturated heterocycles. The van der Waals surface area contributed by atoms with E-state index in [1.54, 1.807) is 24.3 Å². The van der Waals surface area contributed by atoms with Gasteiger partial charge in [0.1, 0.15) is 5.70 Å². The molecule has 0 aliphatic carbocycles. The Labute approximate surface area is 145 Å². The normalized spacial score (nSPS) is 16.8. The van der Waals surface area contributed by atoms with Crippen LogP contribution >= 0.6 is 11.8 Å². The summed E-state index contributed by atoms with van der Waals surface area (Å²) in [6.07, 6.45) is 2.52. The van der Waals surface area contributed by atoms with Gasteiger partial charge in [0, 0.05) is 22.6 Å². The molecule has 2 rings (SSSR count). The van der Waals surface area contributed by atoms with Gasteiger partial charge in [0.05, 0.1) is 13.2 Å². The first kappa shape index (κ1) is 18.2. The van der Waals surface area contributed by atoms with Gasteiger partial charge >= 0.3 is 5.97 Å². The van der Waals surface area contributed by atoms with E-state index < -0.39 is 0 Å². The fourth-order valence-corrected chi connectivity index (χ4v) is 3.67. The molecule has 1 N–H and O–H groups in total. The molecule has 128 valence electrons. The predicted octanol–water partition coefficient (Wildman–Crippen LogP) is 3.24. The molecule has 1 amide bonds. The van der Waals surface area contributed by atoms with Crippen molar-refractivity contribution in [3.8, 4) is 0 Å². The monoisotopic (exact) mass is 348 g/mol. The zero-order valence-corrected chi connectivity index (χ0v) is 14.3. The highest BCUT2D eigenvalue weighted by Crippen LogP contribution is 2.36. The van der Waals surface area contributed by atoms with Gasteiger partial charge in [-0.25, -0.2) is 0 Å². The summed E-state index contributed by atoms with van der Waals surface area (Å²) in [7, 11) is 1.37. The van der Waals surface area contributed by atoms with Crippen LogP contribution in [0.1, 0.15) is 36.0 Å². The van der Waals surface area contributed by atoms with E-state index in [2.05, 4.69) is 15.2 Å². The van der Waals surface area contributed by atoms with Gasteiger partial charge in [0.2, 0.25) is 0 Å². The third-order valence-electron chi connectivity index (χ3n) is 3.74. The number of benzene rings is 1. The number of nitroso groups, excluding NO2 is 1. The first-order valence-corrected chi connectivity index (χ1v) is 8.76. The maximum absolute atomic E-state index is 12.2. The molecule has 0 unspecified atom stereocenters. The molecule has 1 aromatic carbocycles. The standard InChI is InChI=1S/C17H20N2O4S/c1-23-15(20)10-6-5-9-14-16(19-22)13(11-24-14)18-17(21)12-7-3-2-4-8-12/h2-4,7-8,13H,5-6,9-11H2,1H3,(H,18,21)/t13-/m1/s1. The van der Waals surface area contributed by atoms with Crippen LogP contribution in [0.4, 0.5) is 0 Å². The minimum atomic E-state index is -0.365. The fourth-order valence-electron chi connectivity index (χ4n) is 2.44. The van der Waals surface area contributed by atoms with Crippen molar-refractivity contribution in [3.05, 3.63) is 51.4 Å². The van der Waals surface area contributed by atoms with Gasteiger partial charge in [0.25, 0.3) is 5.91 Å². The van der Waals surface area contributed by atoms with Gasteiger partial charge in [-0.1, -0.05) is 18.2 Å². The van der Waals surface area contributed by atoms with Crippen molar-refractivity contribution in [1.82, 2.24) is 5.32 Å². The molecule has 7 heteroatoms. The number of ether oxygens (including phenoxy) is 1. The lowest BCUT2D eigenvalue weighted by atomic mass is 10.1. The SMILES string of the molecule is COC(=O)CCCCC1=C(N=O)[C@H](NC(=O)c2ccccc2)CS1. The molecule has 0 saturated carbocycles. The Bertz CT molecular complexity index is 631. The quantitative estimate of drug-likeness (QED) is 0.443. The maximum Gasteiger partial charge on any atom is 0.305 e. The lowest BCUT2D eigenvalue weighted by Crippen LogP contribution is -2.36. The number of thioether (sulfide) groups is 1. The molecule has 6 nitrogen and oxygen atoms in total. The molecular formula is C17H20N2O4S. The summed E-state index contributed by atoms with van der Waals surface area (Å²) in [5.74, 6) is 0.158. The minimum absolute atomic E-state index is 0.214. The van der Waals surface area contributed by atoms with E-state index in [9.17, 15) is 14.5 Å². The second-order valence-corrected chi connectivity index (χ2v) is 6.50. The third kappa shape index (κ3) is 4.92. The van der Waals surface area contributed by atoms with Crippen LogP contribution < -0.4 is 5.32 Å². The highest BCUT2D eigenvalue weighted by molar-refractivity contribution is 8.03. The number of nitrogens with zero attached hydrogens (tertiary/aromatic N) is 1. The fraction of sp³-hybridized carbons (Fsp3) is 0.412. The van der Waals surface area contributed by atoms with E-state index >= 15 is 0 Å². The number of nitrogens with one attached hydrogen (secondary N) is 1. The molecule has 1 atom stereocenters. The highest BCUT2D eigenvalue weighted by Gasteiger charge is 2.28. The number of unbranched alkanes of at least 4 members (excludes halogenated alkanes) is 1. The lowest BCUT2D eigenvalue weighted by Gasteiger charge is -2.12. The average molecular weight is 348 g/mol. The van der Waals surface area contributed by atoms with Crippen molar-refractivity contribution < 1.29 is 14.3 Å². The Morgan fingerprint density at radius 3 is 2.71 bits per heavy atom. The van der Waals surface area contributed by atoms with Crippen LogP contribution in [-0.4, -0.2) is 30.8 Å². The van der Waals surface area contributed by atoms with E-state index in [0.29, 0.717) is 36.3 Å². The van der Waals surface area contributed by atoms with Crippen molar-refractivity contribution in [2.45, 2.75) is 31.7 Å². The van der Waals surface area contributed by atoms with Gasteiger partial charge < -0.3 is 10.1 Å². The topological polar surface area (TPSA) is 84.8 Å². The largest absolute Gasteiger partial charge is 0.469 e. The first-order valence-electron chi connectivity index (χ1n) is 7.77. The molecule has 0 aromatic heterocycles. The molecule has 1 aliphatic heterocycles.